The highest BCUT2D eigenvalue weighted by molar-refractivity contribution is 6.03. The highest BCUT2D eigenvalue weighted by Crippen LogP contribution is 2.52. The van der Waals surface area contributed by atoms with Gasteiger partial charge < -0.3 is 9.64 Å². The second kappa shape index (κ2) is 7.86. The van der Waals surface area contributed by atoms with Gasteiger partial charge in [-0.2, -0.15) is 14.6 Å². The van der Waals surface area contributed by atoms with Gasteiger partial charge in [0.25, 0.3) is 0 Å². The van der Waals surface area contributed by atoms with Gasteiger partial charge >= 0.3 is 5.97 Å². The van der Waals surface area contributed by atoms with Crippen LogP contribution in [0.2, 0.25) is 0 Å². The molecule has 37 heavy (non-hydrogen) atoms. The number of hydrogen-bond donors (Lipinski definition) is 0. The van der Waals surface area contributed by atoms with E-state index in [2.05, 4.69) is 10.00 Å². The molecule has 5 aromatic rings. The second-order valence-electron chi connectivity index (χ2n) is 10.0. The van der Waals surface area contributed by atoms with Gasteiger partial charge in [-0.3, -0.25) is 4.79 Å². The van der Waals surface area contributed by atoms with Crippen LogP contribution in [-0.4, -0.2) is 50.7 Å². The molecular weight excluding hydrogens is 471 g/mol. The van der Waals surface area contributed by atoms with Crippen molar-refractivity contribution in [2.45, 2.75) is 6.92 Å². The van der Waals surface area contributed by atoms with Crippen molar-refractivity contribution in [2.75, 3.05) is 25.1 Å². The quantitative estimate of drug-likeness (QED) is 0.346. The van der Waals surface area contributed by atoms with Crippen molar-refractivity contribution in [1.29, 1.82) is 0 Å². The lowest BCUT2D eigenvalue weighted by Crippen LogP contribution is -2.27. The van der Waals surface area contributed by atoms with E-state index in [-0.39, 0.29) is 17.8 Å². The van der Waals surface area contributed by atoms with E-state index in [4.69, 9.17) is 14.8 Å². The van der Waals surface area contributed by atoms with E-state index in [1.165, 1.54) is 11.8 Å². The number of carbonyl (C=O) groups excluding carboxylic acids is 1. The van der Waals surface area contributed by atoms with Gasteiger partial charge in [0, 0.05) is 31.1 Å². The van der Waals surface area contributed by atoms with Crippen molar-refractivity contribution in [3.63, 3.8) is 0 Å². The molecule has 7 rings (SSSR count). The van der Waals surface area contributed by atoms with Gasteiger partial charge in [-0.05, 0) is 42.5 Å². The first-order chi connectivity index (χ1) is 18.0. The van der Waals surface area contributed by atoms with Crippen molar-refractivity contribution in [1.82, 2.24) is 24.5 Å². The summed E-state index contributed by atoms with van der Waals surface area (Å²) < 4.78 is 23.1. The number of benzene rings is 2. The third-order valence-corrected chi connectivity index (χ3v) is 7.92. The zero-order valence-corrected chi connectivity index (χ0v) is 20.7. The minimum absolute atomic E-state index is 0.0338. The van der Waals surface area contributed by atoms with Crippen LogP contribution in [0.5, 0.6) is 0 Å². The van der Waals surface area contributed by atoms with E-state index in [0.717, 1.165) is 41.1 Å². The molecule has 186 valence electrons. The number of fused-ring (bicyclic) bond motifs is 3. The number of esters is 1. The highest BCUT2D eigenvalue weighted by atomic mass is 19.1. The Morgan fingerprint density at radius 3 is 2.57 bits per heavy atom. The molecule has 1 unspecified atom stereocenters. The molecule has 0 bridgehead atoms. The number of halogens is 1. The van der Waals surface area contributed by atoms with Crippen LogP contribution in [0.25, 0.3) is 38.8 Å². The summed E-state index contributed by atoms with van der Waals surface area (Å²) in [5.74, 6) is 1.14. The van der Waals surface area contributed by atoms with E-state index >= 15 is 4.39 Å². The normalized spacial score (nSPS) is 20.5. The maximum absolute atomic E-state index is 15.1. The first kappa shape index (κ1) is 22.0. The predicted octanol–water partition coefficient (Wildman–Crippen LogP) is 4.28. The summed E-state index contributed by atoms with van der Waals surface area (Å²) in [5.41, 5.74) is 4.85. The molecule has 1 aliphatic heterocycles. The number of nitrogens with zero attached hydrogens (tertiary/aromatic N) is 6. The topological polar surface area (TPSA) is 78.1 Å². The molecule has 1 aliphatic carbocycles. The van der Waals surface area contributed by atoms with Crippen LogP contribution in [0.4, 0.5) is 10.2 Å². The van der Waals surface area contributed by atoms with Gasteiger partial charge in [-0.15, -0.1) is 0 Å². The van der Waals surface area contributed by atoms with E-state index in [1.54, 1.807) is 7.05 Å². The SMILES string of the molecule is COC(=O)C1[C@H]2CN(c3ccc(-n4nc(-c5cccc6nn(C)c(F)c56)c5cccc(C)c54)cn3)C[C@@H]12. The van der Waals surface area contributed by atoms with Crippen LogP contribution in [0.1, 0.15) is 5.56 Å². The molecule has 2 fully saturated rings. The number of piperidine rings is 1. The van der Waals surface area contributed by atoms with Crippen LogP contribution in [0.15, 0.2) is 54.7 Å². The Balaban J connectivity index is 1.27. The molecule has 9 heteroatoms. The summed E-state index contributed by atoms with van der Waals surface area (Å²) in [6, 6.07) is 15.7. The first-order valence-corrected chi connectivity index (χ1v) is 12.4. The van der Waals surface area contributed by atoms with E-state index in [0.29, 0.717) is 34.0 Å². The Hall–Kier alpha value is -4.27. The van der Waals surface area contributed by atoms with E-state index in [1.807, 2.05) is 66.3 Å². The molecule has 0 radical (unpaired) electrons. The van der Waals surface area contributed by atoms with Crippen molar-refractivity contribution in [3.8, 4) is 16.9 Å². The Kier molecular flexibility index (Phi) is 4.67. The molecule has 8 nitrogen and oxygen atoms in total. The van der Waals surface area contributed by atoms with Crippen molar-refractivity contribution < 1.29 is 13.9 Å². The Morgan fingerprint density at radius 1 is 1.05 bits per heavy atom. The molecule has 3 atom stereocenters. The van der Waals surface area contributed by atoms with Crippen LogP contribution in [-0.2, 0) is 16.6 Å². The lowest BCUT2D eigenvalue weighted by atomic mass is 10.0. The maximum atomic E-state index is 15.1. The average Bonchev–Trinajstić information content (AvgIpc) is 3.20. The van der Waals surface area contributed by atoms with Crippen molar-refractivity contribution in [3.05, 3.63) is 66.2 Å². The number of carbonyl (C=O) groups is 1. The van der Waals surface area contributed by atoms with Crippen LogP contribution < -0.4 is 4.90 Å². The molecule has 3 aromatic heterocycles. The first-order valence-electron chi connectivity index (χ1n) is 12.4. The largest absolute Gasteiger partial charge is 0.469 e. The molecule has 1 saturated heterocycles. The van der Waals surface area contributed by atoms with Gasteiger partial charge in [-0.25, -0.2) is 14.3 Å². The summed E-state index contributed by atoms with van der Waals surface area (Å²) in [7, 11) is 3.06. The van der Waals surface area contributed by atoms with Crippen LogP contribution >= 0.6 is 0 Å². The van der Waals surface area contributed by atoms with E-state index < -0.39 is 0 Å². The summed E-state index contributed by atoms with van der Waals surface area (Å²) in [5, 5.41) is 10.7. The maximum Gasteiger partial charge on any atom is 0.309 e. The van der Waals surface area contributed by atoms with Crippen molar-refractivity contribution >= 4 is 33.6 Å². The number of para-hydroxylation sites is 1. The number of rotatable bonds is 4. The van der Waals surface area contributed by atoms with Crippen LogP contribution in [0, 0.1) is 30.6 Å². The zero-order chi connectivity index (χ0) is 25.4. The fourth-order valence-corrected chi connectivity index (χ4v) is 6.02. The number of pyridine rings is 1. The fraction of sp³-hybridized carbons (Fsp3) is 0.286. The number of hydrogen-bond acceptors (Lipinski definition) is 6. The fourth-order valence-electron chi connectivity index (χ4n) is 6.02. The lowest BCUT2D eigenvalue weighted by Gasteiger charge is -2.20. The molecule has 2 aliphatic rings. The highest BCUT2D eigenvalue weighted by Gasteiger charge is 2.60. The number of ether oxygens (including phenoxy) is 1. The van der Waals surface area contributed by atoms with Crippen LogP contribution in [0.3, 0.4) is 0 Å². The summed E-state index contributed by atoms with van der Waals surface area (Å²) in [6.07, 6.45) is 1.82. The van der Waals surface area contributed by atoms with Gasteiger partial charge in [-0.1, -0.05) is 30.3 Å². The molecular formula is C28H25FN6O2. The third kappa shape index (κ3) is 3.19. The summed E-state index contributed by atoms with van der Waals surface area (Å²) in [6.45, 7) is 3.67. The Labute approximate surface area is 212 Å². The smallest absolute Gasteiger partial charge is 0.309 e. The number of anilines is 1. The number of aryl methyl sites for hydroxylation is 2. The van der Waals surface area contributed by atoms with Gasteiger partial charge in [0.15, 0.2) is 0 Å². The molecule has 4 heterocycles. The third-order valence-electron chi connectivity index (χ3n) is 7.92. The zero-order valence-electron chi connectivity index (χ0n) is 20.7. The van der Waals surface area contributed by atoms with Gasteiger partial charge in [0.1, 0.15) is 11.5 Å². The minimum atomic E-state index is -0.384. The molecule has 2 aromatic carbocycles. The van der Waals surface area contributed by atoms with Gasteiger partial charge in [0.05, 0.1) is 41.3 Å². The van der Waals surface area contributed by atoms with Gasteiger partial charge in [0.2, 0.25) is 5.95 Å². The predicted molar refractivity (Wildman–Crippen MR) is 138 cm³/mol. The Morgan fingerprint density at radius 2 is 1.84 bits per heavy atom. The molecule has 0 spiro atoms. The molecule has 1 saturated carbocycles. The number of aromatic nitrogens is 5. The standard InChI is InChI=1S/C28H25FN6O2/c1-15-6-4-8-18-25(17-7-5-9-21-24(17)27(29)33(2)31-21)32-35(26(15)18)16-10-11-22(30-12-16)34-13-19-20(14-34)23(19)28(36)37-3/h4-12,19-20,23H,13-14H2,1-3H3/t19-,20+,23?. The average molecular weight is 497 g/mol. The van der Waals surface area contributed by atoms with E-state index in [9.17, 15) is 4.79 Å². The molecule has 0 N–H and O–H groups in total. The van der Waals surface area contributed by atoms with Crippen molar-refractivity contribution in [2.24, 2.45) is 24.8 Å². The second-order valence-corrected chi connectivity index (χ2v) is 10.0. The monoisotopic (exact) mass is 496 g/mol. The molecule has 0 amide bonds. The Bertz CT molecular complexity index is 1690. The summed E-state index contributed by atoms with van der Waals surface area (Å²) in [4.78, 5) is 18.8. The lowest BCUT2D eigenvalue weighted by molar-refractivity contribution is -0.142. The number of methoxy groups -OCH3 is 1. The minimum Gasteiger partial charge on any atom is -0.469 e. The summed E-state index contributed by atoms with van der Waals surface area (Å²) >= 11 is 0.